The minimum absolute atomic E-state index is 0. The molecule has 132 valence electrons. The highest BCUT2D eigenvalue weighted by Crippen LogP contribution is 2.10. The first-order valence-corrected chi connectivity index (χ1v) is 8.32. The largest absolute Gasteiger partial charge is 0.396 e. The lowest BCUT2D eigenvalue weighted by Crippen LogP contribution is -2.38. The molecule has 0 radical (unpaired) electrons. The Bertz CT molecular complexity index is 408. The first-order chi connectivity index (χ1) is 10.8. The van der Waals surface area contributed by atoms with Crippen molar-refractivity contribution in [2.24, 2.45) is 10.9 Å². The summed E-state index contributed by atoms with van der Waals surface area (Å²) in [6.07, 6.45) is 7.67. The molecule has 1 heterocycles. The van der Waals surface area contributed by atoms with Crippen molar-refractivity contribution >= 4 is 29.9 Å². The first kappa shape index (κ1) is 22.1. The van der Waals surface area contributed by atoms with Gasteiger partial charge in [0.2, 0.25) is 0 Å². The number of aliphatic hydroxyl groups is 1. The van der Waals surface area contributed by atoms with E-state index in [0.717, 1.165) is 51.3 Å². The molecule has 0 saturated carbocycles. The van der Waals surface area contributed by atoms with E-state index in [0.29, 0.717) is 5.92 Å². The van der Waals surface area contributed by atoms with Gasteiger partial charge in [-0.15, -0.1) is 24.0 Å². The second kappa shape index (κ2) is 14.7. The van der Waals surface area contributed by atoms with Crippen molar-refractivity contribution in [1.29, 1.82) is 0 Å². The van der Waals surface area contributed by atoms with E-state index >= 15 is 0 Å². The summed E-state index contributed by atoms with van der Waals surface area (Å²) in [5.41, 5.74) is 1.22. The summed E-state index contributed by atoms with van der Waals surface area (Å²) >= 11 is 0. The molecule has 1 unspecified atom stereocenters. The Labute approximate surface area is 157 Å². The molecule has 23 heavy (non-hydrogen) atoms. The van der Waals surface area contributed by atoms with E-state index in [1.165, 1.54) is 5.56 Å². The van der Waals surface area contributed by atoms with E-state index in [-0.39, 0.29) is 30.6 Å². The van der Waals surface area contributed by atoms with Crippen LogP contribution in [-0.2, 0) is 6.42 Å². The van der Waals surface area contributed by atoms with Crippen LogP contribution in [0.1, 0.15) is 38.7 Å². The molecule has 1 aromatic rings. The summed E-state index contributed by atoms with van der Waals surface area (Å²) in [7, 11) is 0. The number of nitrogens with zero attached hydrogens (tertiary/aromatic N) is 2. The van der Waals surface area contributed by atoms with Gasteiger partial charge in [0.25, 0.3) is 0 Å². The molecule has 0 aliphatic carbocycles. The molecule has 0 fully saturated rings. The molecular formula is C17H31IN4O. The highest BCUT2D eigenvalue weighted by Gasteiger charge is 2.07. The predicted octanol–water partition coefficient (Wildman–Crippen LogP) is 2.60. The topological polar surface area (TPSA) is 69.5 Å². The van der Waals surface area contributed by atoms with Crippen LogP contribution in [0, 0.1) is 5.92 Å². The van der Waals surface area contributed by atoms with Gasteiger partial charge in [-0.05, 0) is 43.7 Å². The zero-order valence-electron chi connectivity index (χ0n) is 14.3. The maximum absolute atomic E-state index is 9.11. The number of aromatic nitrogens is 1. The van der Waals surface area contributed by atoms with Crippen molar-refractivity contribution in [2.45, 2.75) is 39.5 Å². The van der Waals surface area contributed by atoms with Crippen LogP contribution in [0.4, 0.5) is 0 Å². The van der Waals surface area contributed by atoms with Gasteiger partial charge in [-0.3, -0.25) is 9.98 Å². The van der Waals surface area contributed by atoms with Crippen LogP contribution >= 0.6 is 24.0 Å². The van der Waals surface area contributed by atoms with Crippen molar-refractivity contribution in [1.82, 2.24) is 15.6 Å². The lowest BCUT2D eigenvalue weighted by molar-refractivity contribution is 0.253. The minimum atomic E-state index is 0. The molecule has 1 aromatic heterocycles. The average molecular weight is 434 g/mol. The van der Waals surface area contributed by atoms with Gasteiger partial charge in [-0.1, -0.05) is 19.4 Å². The van der Waals surface area contributed by atoms with Crippen molar-refractivity contribution < 1.29 is 5.11 Å². The van der Waals surface area contributed by atoms with E-state index in [9.17, 15) is 0 Å². The maximum Gasteiger partial charge on any atom is 0.191 e. The first-order valence-electron chi connectivity index (χ1n) is 8.32. The maximum atomic E-state index is 9.11. The standard InChI is InChI=1S/C17H30N4O.HI/c1-3-6-15(9-12-22)14-21-17(19-4-2)20-11-8-16-7-5-10-18-13-16;/h5,7,10,13,15,22H,3-4,6,8-9,11-12,14H2,1-2H3,(H2,19,20,21);1H. The third-order valence-corrected chi connectivity index (χ3v) is 3.52. The second-order valence-electron chi connectivity index (χ2n) is 5.42. The number of nitrogens with one attached hydrogen (secondary N) is 2. The highest BCUT2D eigenvalue weighted by atomic mass is 127. The summed E-state index contributed by atoms with van der Waals surface area (Å²) < 4.78 is 0. The quantitative estimate of drug-likeness (QED) is 0.301. The van der Waals surface area contributed by atoms with Gasteiger partial charge in [0.1, 0.15) is 0 Å². The summed E-state index contributed by atoms with van der Waals surface area (Å²) in [6, 6.07) is 4.04. The summed E-state index contributed by atoms with van der Waals surface area (Å²) in [6.45, 7) is 6.91. The Hall–Kier alpha value is -0.890. The van der Waals surface area contributed by atoms with E-state index in [1.54, 1.807) is 6.20 Å². The normalized spacial score (nSPS) is 12.4. The van der Waals surface area contributed by atoms with Crippen LogP contribution in [0.3, 0.4) is 0 Å². The zero-order valence-corrected chi connectivity index (χ0v) is 16.6. The molecule has 0 amide bonds. The van der Waals surface area contributed by atoms with Gasteiger partial charge in [0, 0.05) is 38.6 Å². The molecule has 6 heteroatoms. The van der Waals surface area contributed by atoms with E-state index < -0.39 is 0 Å². The number of pyridine rings is 1. The fraction of sp³-hybridized carbons (Fsp3) is 0.647. The van der Waals surface area contributed by atoms with Crippen LogP contribution in [0.5, 0.6) is 0 Å². The monoisotopic (exact) mass is 434 g/mol. The molecule has 3 N–H and O–H groups in total. The summed E-state index contributed by atoms with van der Waals surface area (Å²) in [5.74, 6) is 1.31. The SMILES string of the molecule is CCCC(CCO)CN=C(NCC)NCCc1cccnc1.I. The number of hydrogen-bond acceptors (Lipinski definition) is 3. The van der Waals surface area contributed by atoms with Crippen LogP contribution in [0.2, 0.25) is 0 Å². The molecular weight excluding hydrogens is 403 g/mol. The molecule has 0 aromatic carbocycles. The molecule has 0 spiro atoms. The fourth-order valence-electron chi connectivity index (χ4n) is 2.35. The third kappa shape index (κ3) is 10.5. The van der Waals surface area contributed by atoms with E-state index in [1.807, 2.05) is 12.3 Å². The van der Waals surface area contributed by atoms with Gasteiger partial charge in [0.05, 0.1) is 0 Å². The van der Waals surface area contributed by atoms with Crippen LogP contribution in [0.25, 0.3) is 0 Å². The van der Waals surface area contributed by atoms with Crippen molar-refractivity contribution in [3.63, 3.8) is 0 Å². The van der Waals surface area contributed by atoms with E-state index in [4.69, 9.17) is 5.11 Å². The number of aliphatic imine (C=N–C) groups is 1. The average Bonchev–Trinajstić information content (AvgIpc) is 2.54. The zero-order chi connectivity index (χ0) is 16.0. The van der Waals surface area contributed by atoms with Crippen LogP contribution < -0.4 is 10.6 Å². The number of rotatable bonds is 10. The Kier molecular flexibility index (Phi) is 14.1. The predicted molar refractivity (Wildman–Crippen MR) is 107 cm³/mol. The van der Waals surface area contributed by atoms with Gasteiger partial charge in [-0.2, -0.15) is 0 Å². The van der Waals surface area contributed by atoms with Crippen molar-refractivity contribution in [3.05, 3.63) is 30.1 Å². The molecule has 5 nitrogen and oxygen atoms in total. The smallest absolute Gasteiger partial charge is 0.191 e. The third-order valence-electron chi connectivity index (χ3n) is 3.52. The van der Waals surface area contributed by atoms with Gasteiger partial charge in [0.15, 0.2) is 5.96 Å². The molecule has 0 aliphatic rings. The summed E-state index contributed by atoms with van der Waals surface area (Å²) in [5, 5.41) is 15.7. The highest BCUT2D eigenvalue weighted by molar-refractivity contribution is 14.0. The Morgan fingerprint density at radius 1 is 1.30 bits per heavy atom. The molecule has 0 bridgehead atoms. The lowest BCUT2D eigenvalue weighted by atomic mass is 10.0. The summed E-state index contributed by atoms with van der Waals surface area (Å²) in [4.78, 5) is 8.77. The number of aliphatic hydroxyl groups excluding tert-OH is 1. The Balaban J connectivity index is 0.00000484. The van der Waals surface area contributed by atoms with Crippen molar-refractivity contribution in [3.8, 4) is 0 Å². The van der Waals surface area contributed by atoms with Crippen molar-refractivity contribution in [2.75, 3.05) is 26.2 Å². The second-order valence-corrected chi connectivity index (χ2v) is 5.42. The van der Waals surface area contributed by atoms with E-state index in [2.05, 4.69) is 40.5 Å². The van der Waals surface area contributed by atoms with Gasteiger partial charge >= 0.3 is 0 Å². The molecule has 1 atom stereocenters. The Morgan fingerprint density at radius 3 is 2.74 bits per heavy atom. The number of halogens is 1. The molecule has 0 saturated heterocycles. The minimum Gasteiger partial charge on any atom is -0.396 e. The van der Waals surface area contributed by atoms with Gasteiger partial charge < -0.3 is 15.7 Å². The van der Waals surface area contributed by atoms with Gasteiger partial charge in [-0.25, -0.2) is 0 Å². The van der Waals surface area contributed by atoms with Crippen LogP contribution in [-0.4, -0.2) is 42.3 Å². The lowest BCUT2D eigenvalue weighted by Gasteiger charge is -2.15. The number of guanidine groups is 1. The molecule has 0 aliphatic heterocycles. The fourth-order valence-corrected chi connectivity index (χ4v) is 2.35. The number of hydrogen-bond donors (Lipinski definition) is 3. The molecule has 1 rings (SSSR count). The van der Waals surface area contributed by atoms with Crippen LogP contribution in [0.15, 0.2) is 29.5 Å². The Morgan fingerprint density at radius 2 is 2.13 bits per heavy atom.